The smallest absolute Gasteiger partial charge is 0.229 e. The Bertz CT molecular complexity index is 713. The van der Waals surface area contributed by atoms with Crippen molar-refractivity contribution in [3.8, 4) is 5.75 Å². The lowest BCUT2D eigenvalue weighted by atomic mass is 10.1. The lowest BCUT2D eigenvalue weighted by Gasteiger charge is -2.17. The second-order valence-electron chi connectivity index (χ2n) is 6.15. The highest BCUT2D eigenvalue weighted by molar-refractivity contribution is 6.00. The van der Waals surface area contributed by atoms with Gasteiger partial charge in [0.25, 0.3) is 0 Å². The van der Waals surface area contributed by atoms with E-state index >= 15 is 0 Å². The Hall–Kier alpha value is -2.53. The van der Waals surface area contributed by atoms with Crippen molar-refractivity contribution >= 4 is 17.3 Å². The number of hydrogen-bond donors (Lipinski definition) is 2. The number of benzene rings is 2. The number of nitrogens with two attached hydrogens (primary N) is 1. The summed E-state index contributed by atoms with van der Waals surface area (Å²) in [7, 11) is 2.08. The molecule has 1 aliphatic rings. The molecule has 2 aromatic rings. The van der Waals surface area contributed by atoms with Gasteiger partial charge in [0.2, 0.25) is 5.91 Å². The molecule has 0 fully saturated rings. The largest absolute Gasteiger partial charge is 0.492 e. The number of ether oxygens (including phenoxy) is 1. The van der Waals surface area contributed by atoms with Crippen LogP contribution in [0.15, 0.2) is 42.5 Å². The molecule has 126 valence electrons. The van der Waals surface area contributed by atoms with Gasteiger partial charge in [0.1, 0.15) is 12.4 Å². The van der Waals surface area contributed by atoms with Gasteiger partial charge in [0.15, 0.2) is 0 Å². The summed E-state index contributed by atoms with van der Waals surface area (Å²) < 4.78 is 5.89. The van der Waals surface area contributed by atoms with Gasteiger partial charge in [-0.1, -0.05) is 18.2 Å². The van der Waals surface area contributed by atoms with E-state index in [0.29, 0.717) is 13.0 Å². The lowest BCUT2D eigenvalue weighted by molar-refractivity contribution is -0.115. The van der Waals surface area contributed by atoms with Crippen molar-refractivity contribution in [2.45, 2.75) is 12.8 Å². The molecule has 0 unspecified atom stereocenters. The quantitative estimate of drug-likeness (QED) is 0.767. The standard InChI is InChI=1S/C19H23N3O2/c1-22(10-9-14-5-7-15(20)8-6-14)11-12-24-18-4-2-3-17-16(18)13-19(23)21-17/h2-8H,9-13,20H2,1H3,(H,21,23). The normalized spacial score (nSPS) is 13.0. The third kappa shape index (κ3) is 4.06. The number of carbonyl (C=O) groups excluding carboxylic acids is 1. The van der Waals surface area contributed by atoms with Crippen molar-refractivity contribution in [3.05, 3.63) is 53.6 Å². The van der Waals surface area contributed by atoms with Crippen LogP contribution in [-0.4, -0.2) is 37.6 Å². The molecule has 5 nitrogen and oxygen atoms in total. The average Bonchev–Trinajstić information content (AvgIpc) is 2.95. The molecule has 0 saturated carbocycles. The summed E-state index contributed by atoms with van der Waals surface area (Å²) in [6.07, 6.45) is 1.38. The summed E-state index contributed by atoms with van der Waals surface area (Å²) in [5, 5.41) is 2.84. The van der Waals surface area contributed by atoms with Crippen LogP contribution in [-0.2, 0) is 17.6 Å². The van der Waals surface area contributed by atoms with Crippen LogP contribution in [0.4, 0.5) is 11.4 Å². The first-order valence-corrected chi connectivity index (χ1v) is 8.19. The van der Waals surface area contributed by atoms with Gasteiger partial charge in [-0.05, 0) is 43.3 Å². The van der Waals surface area contributed by atoms with Gasteiger partial charge in [-0.15, -0.1) is 0 Å². The van der Waals surface area contributed by atoms with Crippen LogP contribution in [0.3, 0.4) is 0 Å². The molecule has 0 bridgehead atoms. The topological polar surface area (TPSA) is 67.6 Å². The molecule has 1 amide bonds. The number of likely N-dealkylation sites (N-methyl/N-ethyl adjacent to an activating group) is 1. The molecule has 0 aliphatic carbocycles. The molecule has 0 aromatic heterocycles. The lowest BCUT2D eigenvalue weighted by Crippen LogP contribution is -2.26. The van der Waals surface area contributed by atoms with E-state index in [4.69, 9.17) is 10.5 Å². The minimum absolute atomic E-state index is 0.0293. The number of nitrogens with one attached hydrogen (secondary N) is 1. The SMILES string of the molecule is CN(CCOc1cccc2c1CC(=O)N2)CCc1ccc(N)cc1. The van der Waals surface area contributed by atoms with E-state index in [2.05, 4.69) is 29.4 Å². The molecule has 0 atom stereocenters. The van der Waals surface area contributed by atoms with Gasteiger partial charge < -0.3 is 20.7 Å². The minimum Gasteiger partial charge on any atom is -0.492 e. The van der Waals surface area contributed by atoms with E-state index in [1.165, 1.54) is 5.56 Å². The molecule has 3 rings (SSSR count). The highest BCUT2D eigenvalue weighted by Crippen LogP contribution is 2.31. The molecule has 1 heterocycles. The van der Waals surface area contributed by atoms with Crippen molar-refractivity contribution in [2.75, 3.05) is 37.8 Å². The summed E-state index contributed by atoms with van der Waals surface area (Å²) in [5.74, 6) is 0.833. The van der Waals surface area contributed by atoms with Gasteiger partial charge in [0.05, 0.1) is 6.42 Å². The van der Waals surface area contributed by atoms with Crippen LogP contribution >= 0.6 is 0 Å². The predicted molar refractivity (Wildman–Crippen MR) is 96.3 cm³/mol. The molecule has 24 heavy (non-hydrogen) atoms. The Morgan fingerprint density at radius 1 is 1.17 bits per heavy atom. The van der Waals surface area contributed by atoms with Crippen LogP contribution in [0, 0.1) is 0 Å². The average molecular weight is 325 g/mol. The molecular weight excluding hydrogens is 302 g/mol. The van der Waals surface area contributed by atoms with Crippen molar-refractivity contribution < 1.29 is 9.53 Å². The van der Waals surface area contributed by atoms with Crippen LogP contribution < -0.4 is 15.8 Å². The minimum atomic E-state index is 0.0293. The first-order valence-electron chi connectivity index (χ1n) is 8.19. The number of rotatable bonds is 7. The molecular formula is C19H23N3O2. The predicted octanol–water partition coefficient (Wildman–Crippen LogP) is 2.32. The van der Waals surface area contributed by atoms with Gasteiger partial charge >= 0.3 is 0 Å². The Kier molecular flexibility index (Phi) is 5.01. The number of fused-ring (bicyclic) bond motifs is 1. The summed E-state index contributed by atoms with van der Waals surface area (Å²) in [6, 6.07) is 13.7. The van der Waals surface area contributed by atoms with Crippen LogP contribution in [0.1, 0.15) is 11.1 Å². The first kappa shape index (κ1) is 16.3. The summed E-state index contributed by atoms with van der Waals surface area (Å²) >= 11 is 0. The molecule has 1 aliphatic heterocycles. The maximum absolute atomic E-state index is 11.5. The number of anilines is 2. The van der Waals surface area contributed by atoms with Gasteiger partial charge in [-0.3, -0.25) is 4.79 Å². The third-order valence-corrected chi connectivity index (χ3v) is 4.24. The zero-order valence-electron chi connectivity index (χ0n) is 13.9. The molecule has 0 spiro atoms. The van der Waals surface area contributed by atoms with E-state index in [-0.39, 0.29) is 5.91 Å². The zero-order chi connectivity index (χ0) is 16.9. The van der Waals surface area contributed by atoms with Crippen molar-refractivity contribution in [2.24, 2.45) is 0 Å². The Balaban J connectivity index is 1.44. The molecule has 2 aromatic carbocycles. The van der Waals surface area contributed by atoms with Gasteiger partial charge in [0, 0.05) is 30.0 Å². The number of nitrogens with zero attached hydrogens (tertiary/aromatic N) is 1. The van der Waals surface area contributed by atoms with Crippen molar-refractivity contribution in [3.63, 3.8) is 0 Å². The van der Waals surface area contributed by atoms with E-state index < -0.39 is 0 Å². The molecule has 0 radical (unpaired) electrons. The van der Waals surface area contributed by atoms with Gasteiger partial charge in [-0.25, -0.2) is 0 Å². The molecule has 0 saturated heterocycles. The van der Waals surface area contributed by atoms with Crippen LogP contribution in [0.25, 0.3) is 0 Å². The van der Waals surface area contributed by atoms with E-state index in [1.54, 1.807) is 0 Å². The summed E-state index contributed by atoms with van der Waals surface area (Å²) in [6.45, 7) is 2.39. The fourth-order valence-electron chi connectivity index (χ4n) is 2.78. The highest BCUT2D eigenvalue weighted by Gasteiger charge is 2.21. The van der Waals surface area contributed by atoms with E-state index in [0.717, 1.165) is 42.2 Å². The zero-order valence-corrected chi connectivity index (χ0v) is 13.9. The first-order chi connectivity index (χ1) is 11.6. The summed E-state index contributed by atoms with van der Waals surface area (Å²) in [4.78, 5) is 13.7. The third-order valence-electron chi connectivity index (χ3n) is 4.24. The van der Waals surface area contributed by atoms with Crippen LogP contribution in [0.2, 0.25) is 0 Å². The number of hydrogen-bond acceptors (Lipinski definition) is 4. The number of carbonyl (C=O) groups is 1. The monoisotopic (exact) mass is 325 g/mol. The van der Waals surface area contributed by atoms with Crippen LogP contribution in [0.5, 0.6) is 5.75 Å². The fourth-order valence-corrected chi connectivity index (χ4v) is 2.78. The molecule has 3 N–H and O–H groups in total. The summed E-state index contributed by atoms with van der Waals surface area (Å²) in [5.41, 5.74) is 9.61. The second-order valence-corrected chi connectivity index (χ2v) is 6.15. The Morgan fingerprint density at radius 3 is 2.75 bits per heavy atom. The number of amides is 1. The maximum Gasteiger partial charge on any atom is 0.229 e. The Morgan fingerprint density at radius 2 is 1.96 bits per heavy atom. The van der Waals surface area contributed by atoms with Gasteiger partial charge in [-0.2, -0.15) is 0 Å². The van der Waals surface area contributed by atoms with Crippen molar-refractivity contribution in [1.82, 2.24) is 4.90 Å². The van der Waals surface area contributed by atoms with E-state index in [1.807, 2.05) is 30.3 Å². The van der Waals surface area contributed by atoms with E-state index in [9.17, 15) is 4.79 Å². The molecule has 5 heteroatoms. The fraction of sp³-hybridized carbons (Fsp3) is 0.316. The van der Waals surface area contributed by atoms with Crippen molar-refractivity contribution in [1.29, 1.82) is 0 Å². The maximum atomic E-state index is 11.5. The second kappa shape index (κ2) is 7.36. The Labute approximate surface area is 142 Å². The highest BCUT2D eigenvalue weighted by atomic mass is 16.5. The number of nitrogen functional groups attached to an aromatic ring is 1.